The second kappa shape index (κ2) is 10.1. The van der Waals surface area contributed by atoms with E-state index in [0.717, 1.165) is 35.1 Å². The predicted octanol–water partition coefficient (Wildman–Crippen LogP) is 4.61. The van der Waals surface area contributed by atoms with Gasteiger partial charge in [-0.15, -0.1) is 0 Å². The van der Waals surface area contributed by atoms with Crippen LogP contribution in [0.5, 0.6) is 11.5 Å². The summed E-state index contributed by atoms with van der Waals surface area (Å²) >= 11 is 0. The van der Waals surface area contributed by atoms with Crippen molar-refractivity contribution in [3.63, 3.8) is 0 Å². The molecule has 2 aliphatic rings. The van der Waals surface area contributed by atoms with Crippen LogP contribution in [0.2, 0.25) is 0 Å². The Hall–Kier alpha value is -3.44. The molecule has 11 heteroatoms. The SMILES string of the molecule is CCCN1C(=O)N(c2c(F)c(OC)cc(OC)c2F)Cc2cnc3[nH]c(C(C)N4CCOCC4)cc3c21. The number of ether oxygens (including phenoxy) is 3. The molecule has 198 valence electrons. The van der Waals surface area contributed by atoms with Gasteiger partial charge in [0.25, 0.3) is 0 Å². The molecule has 2 aromatic heterocycles. The molecule has 1 fully saturated rings. The number of hydrogen-bond donors (Lipinski definition) is 1. The van der Waals surface area contributed by atoms with Gasteiger partial charge in [0, 0.05) is 54.6 Å². The highest BCUT2D eigenvalue weighted by molar-refractivity contribution is 6.11. The lowest BCUT2D eigenvalue weighted by molar-refractivity contribution is 0.0192. The Morgan fingerprint density at radius 2 is 1.78 bits per heavy atom. The third-order valence-corrected chi connectivity index (χ3v) is 7.10. The molecule has 5 rings (SSSR count). The third kappa shape index (κ3) is 4.25. The number of carbonyl (C=O) groups excluding carboxylic acids is 1. The molecule has 2 aliphatic heterocycles. The molecule has 1 aromatic carbocycles. The summed E-state index contributed by atoms with van der Waals surface area (Å²) in [5, 5.41) is 0.804. The summed E-state index contributed by atoms with van der Waals surface area (Å²) in [5.74, 6) is -2.36. The van der Waals surface area contributed by atoms with Gasteiger partial charge >= 0.3 is 6.03 Å². The van der Waals surface area contributed by atoms with Crippen LogP contribution in [0.1, 0.15) is 37.6 Å². The van der Waals surface area contributed by atoms with Gasteiger partial charge in [0.1, 0.15) is 11.3 Å². The van der Waals surface area contributed by atoms with E-state index in [4.69, 9.17) is 14.2 Å². The summed E-state index contributed by atoms with van der Waals surface area (Å²) in [7, 11) is 2.55. The first kappa shape index (κ1) is 25.2. The molecule has 9 nitrogen and oxygen atoms in total. The first-order valence-electron chi connectivity index (χ1n) is 12.4. The number of hydrogen-bond acceptors (Lipinski definition) is 6. The van der Waals surface area contributed by atoms with Crippen molar-refractivity contribution in [1.82, 2.24) is 14.9 Å². The van der Waals surface area contributed by atoms with Crippen LogP contribution in [0.4, 0.5) is 25.0 Å². The van der Waals surface area contributed by atoms with E-state index < -0.39 is 23.4 Å². The fourth-order valence-electron chi connectivity index (χ4n) is 5.14. The smallest absolute Gasteiger partial charge is 0.329 e. The van der Waals surface area contributed by atoms with E-state index in [1.807, 2.05) is 13.0 Å². The summed E-state index contributed by atoms with van der Waals surface area (Å²) in [6.07, 6.45) is 2.31. The van der Waals surface area contributed by atoms with Gasteiger partial charge in [-0.05, 0) is 19.4 Å². The van der Waals surface area contributed by atoms with Gasteiger partial charge in [-0.3, -0.25) is 14.7 Å². The molecule has 0 radical (unpaired) electrons. The molecular weight excluding hydrogens is 484 g/mol. The van der Waals surface area contributed by atoms with Gasteiger partial charge in [0.05, 0.1) is 39.7 Å². The standard InChI is InChI=1S/C26H31F2N5O4/c1-5-6-32-23-16(13-29-25-17(23)11-18(30-25)15(2)31-7-9-37-10-8-31)14-33(26(32)34)24-21(27)19(35-3)12-20(36-4)22(24)28/h11-13,15H,5-10,14H2,1-4H3,(H,29,30). The lowest BCUT2D eigenvalue weighted by atomic mass is 10.1. The van der Waals surface area contributed by atoms with Crippen molar-refractivity contribution in [3.8, 4) is 11.5 Å². The number of carbonyl (C=O) groups is 1. The minimum Gasteiger partial charge on any atom is -0.493 e. The lowest BCUT2D eigenvalue weighted by Gasteiger charge is -2.37. The van der Waals surface area contributed by atoms with E-state index in [1.165, 1.54) is 14.2 Å². The number of rotatable bonds is 7. The Kier molecular flexibility index (Phi) is 6.91. The maximum Gasteiger partial charge on any atom is 0.329 e. The maximum absolute atomic E-state index is 15.4. The number of amides is 2. The molecule has 37 heavy (non-hydrogen) atoms. The van der Waals surface area contributed by atoms with Crippen molar-refractivity contribution in [2.45, 2.75) is 32.9 Å². The normalized spacial score (nSPS) is 17.3. The van der Waals surface area contributed by atoms with E-state index in [-0.39, 0.29) is 24.1 Å². The fraction of sp³-hybridized carbons (Fsp3) is 0.462. The average molecular weight is 516 g/mol. The second-order valence-electron chi connectivity index (χ2n) is 9.22. The summed E-state index contributed by atoms with van der Waals surface area (Å²) in [5.41, 5.74) is 2.53. The van der Waals surface area contributed by atoms with Crippen LogP contribution in [-0.4, -0.2) is 68.0 Å². The highest BCUT2D eigenvalue weighted by atomic mass is 19.1. The lowest BCUT2D eigenvalue weighted by Crippen LogP contribution is -2.48. The van der Waals surface area contributed by atoms with Crippen molar-refractivity contribution in [2.75, 3.05) is 56.9 Å². The number of fused-ring (bicyclic) bond motifs is 3. The Labute approximate surface area is 213 Å². The van der Waals surface area contributed by atoms with Crippen LogP contribution < -0.4 is 19.3 Å². The summed E-state index contributed by atoms with van der Waals surface area (Å²) in [4.78, 5) is 26.8. The van der Waals surface area contributed by atoms with E-state index in [2.05, 4.69) is 21.8 Å². The Balaban J connectivity index is 1.60. The minimum atomic E-state index is -0.966. The zero-order valence-corrected chi connectivity index (χ0v) is 21.4. The zero-order chi connectivity index (χ0) is 26.3. The van der Waals surface area contributed by atoms with Gasteiger partial charge in [-0.25, -0.2) is 18.6 Å². The molecule has 1 atom stereocenters. The molecular formula is C26H31F2N5O4. The number of urea groups is 1. The van der Waals surface area contributed by atoms with Crippen LogP contribution in [0.25, 0.3) is 11.0 Å². The highest BCUT2D eigenvalue weighted by Gasteiger charge is 2.37. The zero-order valence-electron chi connectivity index (χ0n) is 21.4. The number of morpholine rings is 1. The van der Waals surface area contributed by atoms with Crippen LogP contribution in [0, 0.1) is 11.6 Å². The molecule has 1 saturated heterocycles. The molecule has 0 bridgehead atoms. The number of anilines is 2. The largest absolute Gasteiger partial charge is 0.493 e. The molecule has 3 aromatic rings. The minimum absolute atomic E-state index is 0.0545. The number of aromatic amines is 1. The van der Waals surface area contributed by atoms with Gasteiger partial charge in [-0.2, -0.15) is 0 Å². The number of nitrogens with zero attached hydrogens (tertiary/aromatic N) is 4. The van der Waals surface area contributed by atoms with Crippen molar-refractivity contribution >= 4 is 28.4 Å². The number of aromatic nitrogens is 2. The molecule has 2 amide bonds. The topological polar surface area (TPSA) is 83.2 Å². The number of methoxy groups -OCH3 is 2. The average Bonchev–Trinajstić information content (AvgIpc) is 3.35. The molecule has 0 aliphatic carbocycles. The molecule has 1 N–H and O–H groups in total. The maximum atomic E-state index is 15.4. The molecule has 1 unspecified atom stereocenters. The highest BCUT2D eigenvalue weighted by Crippen LogP contribution is 2.43. The number of halogens is 2. The Bertz CT molecular complexity index is 1300. The first-order valence-corrected chi connectivity index (χ1v) is 12.4. The van der Waals surface area contributed by atoms with Crippen molar-refractivity contribution in [3.05, 3.63) is 41.2 Å². The number of benzene rings is 1. The Morgan fingerprint density at radius 3 is 2.41 bits per heavy atom. The number of nitrogens with one attached hydrogen (secondary N) is 1. The van der Waals surface area contributed by atoms with E-state index in [1.54, 1.807) is 11.1 Å². The van der Waals surface area contributed by atoms with Gasteiger partial charge < -0.3 is 19.2 Å². The third-order valence-electron chi connectivity index (χ3n) is 7.10. The van der Waals surface area contributed by atoms with Gasteiger partial charge in [0.15, 0.2) is 23.1 Å². The van der Waals surface area contributed by atoms with E-state index in [9.17, 15) is 4.79 Å². The van der Waals surface area contributed by atoms with Crippen LogP contribution >= 0.6 is 0 Å². The fourth-order valence-corrected chi connectivity index (χ4v) is 5.14. The molecule has 4 heterocycles. The van der Waals surface area contributed by atoms with Crippen molar-refractivity contribution in [1.29, 1.82) is 0 Å². The van der Waals surface area contributed by atoms with Crippen LogP contribution in [0.3, 0.4) is 0 Å². The van der Waals surface area contributed by atoms with E-state index in [0.29, 0.717) is 43.1 Å². The van der Waals surface area contributed by atoms with Gasteiger partial charge in [-0.1, -0.05) is 6.92 Å². The summed E-state index contributed by atoms with van der Waals surface area (Å²) in [6, 6.07) is 2.74. The van der Waals surface area contributed by atoms with Crippen LogP contribution in [-0.2, 0) is 11.3 Å². The summed E-state index contributed by atoms with van der Waals surface area (Å²) in [6.45, 7) is 7.43. The molecule has 0 spiro atoms. The van der Waals surface area contributed by atoms with Crippen LogP contribution in [0.15, 0.2) is 18.3 Å². The molecule has 0 saturated carbocycles. The number of H-pyrrole nitrogens is 1. The Morgan fingerprint density at radius 1 is 1.11 bits per heavy atom. The predicted molar refractivity (Wildman–Crippen MR) is 136 cm³/mol. The number of pyridine rings is 1. The second-order valence-corrected chi connectivity index (χ2v) is 9.22. The van der Waals surface area contributed by atoms with Crippen molar-refractivity contribution in [2.24, 2.45) is 0 Å². The van der Waals surface area contributed by atoms with Crippen molar-refractivity contribution < 1.29 is 27.8 Å². The quantitative estimate of drug-likeness (QED) is 0.495. The monoisotopic (exact) mass is 515 g/mol. The van der Waals surface area contributed by atoms with E-state index >= 15 is 8.78 Å². The first-order chi connectivity index (χ1) is 17.9. The summed E-state index contributed by atoms with van der Waals surface area (Å²) < 4.78 is 46.4. The van der Waals surface area contributed by atoms with Gasteiger partial charge in [0.2, 0.25) is 0 Å².